The minimum atomic E-state index is -0.288. The number of amides is 1. The van der Waals surface area contributed by atoms with Gasteiger partial charge < -0.3 is 10.1 Å². The first-order valence-corrected chi connectivity index (χ1v) is 5.37. The van der Waals surface area contributed by atoms with E-state index in [9.17, 15) is 10.0 Å². The fourth-order valence-electron chi connectivity index (χ4n) is 2.59. The maximum absolute atomic E-state index is 10.8. The van der Waals surface area contributed by atoms with Gasteiger partial charge in [-0.1, -0.05) is 0 Å². The summed E-state index contributed by atoms with van der Waals surface area (Å²) < 4.78 is 0. The molecule has 0 aliphatic carbocycles. The Labute approximate surface area is 91.8 Å². The van der Waals surface area contributed by atoms with Gasteiger partial charge in [-0.3, -0.25) is 4.79 Å². The van der Waals surface area contributed by atoms with E-state index in [1.807, 2.05) is 27.7 Å². The van der Waals surface area contributed by atoms with Crippen LogP contribution >= 0.6 is 0 Å². The number of carbonyl (C=O) groups excluding carboxylic acids is 1. The highest BCUT2D eigenvalue weighted by Gasteiger charge is 2.45. The Balaban J connectivity index is 2.88. The van der Waals surface area contributed by atoms with E-state index in [2.05, 4.69) is 0 Å². The summed E-state index contributed by atoms with van der Waals surface area (Å²) in [7, 11) is 1.80. The fourth-order valence-corrected chi connectivity index (χ4v) is 2.59. The number of hydrogen-bond acceptors (Lipinski definition) is 3. The van der Waals surface area contributed by atoms with Gasteiger partial charge in [-0.15, -0.1) is 0 Å². The molecule has 0 bridgehead atoms. The third-order valence-electron chi connectivity index (χ3n) is 3.36. The number of hydrogen-bond donors (Lipinski definition) is 1. The first kappa shape index (κ1) is 12.5. The van der Waals surface area contributed by atoms with E-state index < -0.39 is 0 Å². The monoisotopic (exact) mass is 214 g/mol. The zero-order valence-corrected chi connectivity index (χ0v) is 10.3. The summed E-state index contributed by atoms with van der Waals surface area (Å²) in [4.78, 5) is 12.5. The molecule has 4 nitrogen and oxygen atoms in total. The Morgan fingerprint density at radius 1 is 1.27 bits per heavy atom. The summed E-state index contributed by atoms with van der Waals surface area (Å²) in [6.07, 6.45) is 2.45. The van der Waals surface area contributed by atoms with Crippen LogP contribution in [0.1, 0.15) is 40.5 Å². The van der Waals surface area contributed by atoms with Crippen molar-refractivity contribution in [3.05, 3.63) is 0 Å². The van der Waals surface area contributed by atoms with E-state index in [-0.39, 0.29) is 17.1 Å². The fraction of sp³-hybridized carbons (Fsp3) is 0.909. The summed E-state index contributed by atoms with van der Waals surface area (Å²) in [5.74, 6) is 0. The van der Waals surface area contributed by atoms with Gasteiger partial charge in [0.05, 0.1) is 0 Å². The van der Waals surface area contributed by atoms with E-state index in [4.69, 9.17) is 0 Å². The molecule has 0 aromatic heterocycles. The lowest BCUT2D eigenvalue weighted by molar-refractivity contribution is -0.250. The molecule has 0 atom stereocenters. The average molecular weight is 214 g/mol. The van der Waals surface area contributed by atoms with Gasteiger partial charge in [0.2, 0.25) is 6.41 Å². The molecule has 1 heterocycles. The molecule has 0 aromatic rings. The van der Waals surface area contributed by atoms with Crippen LogP contribution in [-0.4, -0.2) is 45.7 Å². The van der Waals surface area contributed by atoms with Crippen molar-refractivity contribution in [2.75, 3.05) is 7.05 Å². The molecule has 88 valence electrons. The first-order chi connectivity index (χ1) is 6.70. The molecule has 1 saturated heterocycles. The van der Waals surface area contributed by atoms with E-state index in [1.54, 1.807) is 11.9 Å². The van der Waals surface area contributed by atoms with Crippen LogP contribution < -0.4 is 0 Å². The van der Waals surface area contributed by atoms with Crippen molar-refractivity contribution in [1.82, 2.24) is 9.96 Å². The summed E-state index contributed by atoms with van der Waals surface area (Å²) in [6.45, 7) is 8.00. The second kappa shape index (κ2) is 3.76. The molecule has 0 radical (unpaired) electrons. The molecular formula is C11H22N2O2. The van der Waals surface area contributed by atoms with Crippen LogP contribution in [0.5, 0.6) is 0 Å². The minimum Gasteiger partial charge on any atom is -0.345 e. The summed E-state index contributed by atoms with van der Waals surface area (Å²) in [5.41, 5.74) is -0.576. The van der Waals surface area contributed by atoms with Crippen molar-refractivity contribution in [2.45, 2.75) is 57.7 Å². The molecule has 0 saturated carbocycles. The Hall–Kier alpha value is -0.610. The van der Waals surface area contributed by atoms with E-state index in [0.717, 1.165) is 19.3 Å². The molecule has 15 heavy (non-hydrogen) atoms. The van der Waals surface area contributed by atoms with Gasteiger partial charge in [0.15, 0.2) is 0 Å². The van der Waals surface area contributed by atoms with Gasteiger partial charge in [-0.2, -0.15) is 5.06 Å². The van der Waals surface area contributed by atoms with Gasteiger partial charge in [0, 0.05) is 24.2 Å². The summed E-state index contributed by atoms with van der Waals surface area (Å²) in [6, 6.07) is 0.205. The molecule has 0 unspecified atom stereocenters. The maximum atomic E-state index is 10.8. The molecule has 1 N–H and O–H groups in total. The lowest BCUT2D eigenvalue weighted by Gasteiger charge is -2.52. The highest BCUT2D eigenvalue weighted by atomic mass is 16.5. The Bertz CT molecular complexity index is 233. The van der Waals surface area contributed by atoms with E-state index in [1.165, 1.54) is 5.06 Å². The molecule has 1 aliphatic rings. The van der Waals surface area contributed by atoms with Crippen molar-refractivity contribution < 1.29 is 10.0 Å². The van der Waals surface area contributed by atoms with Gasteiger partial charge in [-0.05, 0) is 40.5 Å². The Kier molecular flexibility index (Phi) is 3.12. The topological polar surface area (TPSA) is 43.8 Å². The minimum absolute atomic E-state index is 0.205. The van der Waals surface area contributed by atoms with Crippen LogP contribution in [0, 0.1) is 0 Å². The van der Waals surface area contributed by atoms with E-state index >= 15 is 0 Å². The molecular weight excluding hydrogens is 192 g/mol. The van der Waals surface area contributed by atoms with Crippen LogP contribution in [0.2, 0.25) is 0 Å². The van der Waals surface area contributed by atoms with E-state index in [0.29, 0.717) is 0 Å². The van der Waals surface area contributed by atoms with Crippen molar-refractivity contribution in [3.63, 3.8) is 0 Å². The van der Waals surface area contributed by atoms with Crippen LogP contribution in [0.3, 0.4) is 0 Å². The number of carbonyl (C=O) groups is 1. The third-order valence-corrected chi connectivity index (χ3v) is 3.36. The Morgan fingerprint density at radius 2 is 1.67 bits per heavy atom. The number of rotatable bonds is 2. The highest BCUT2D eigenvalue weighted by molar-refractivity contribution is 5.47. The molecule has 0 aromatic carbocycles. The number of nitrogens with zero attached hydrogens (tertiary/aromatic N) is 2. The van der Waals surface area contributed by atoms with Crippen molar-refractivity contribution in [2.24, 2.45) is 0 Å². The van der Waals surface area contributed by atoms with Crippen LogP contribution in [0.4, 0.5) is 0 Å². The van der Waals surface area contributed by atoms with Crippen molar-refractivity contribution in [3.8, 4) is 0 Å². The lowest BCUT2D eigenvalue weighted by atomic mass is 9.78. The number of hydroxylamine groups is 2. The number of piperidine rings is 1. The van der Waals surface area contributed by atoms with Crippen LogP contribution in [0.25, 0.3) is 0 Å². The highest BCUT2D eigenvalue weighted by Crippen LogP contribution is 2.37. The standard InChI is InChI=1S/C11H22N2O2/c1-10(2)6-9(12(5)8-14)7-11(3,4)13(10)15/h8-9,15H,6-7H2,1-5H3. The molecule has 1 fully saturated rings. The smallest absolute Gasteiger partial charge is 0.209 e. The van der Waals surface area contributed by atoms with Crippen molar-refractivity contribution in [1.29, 1.82) is 0 Å². The largest absolute Gasteiger partial charge is 0.345 e. The predicted octanol–water partition coefficient (Wildman–Crippen LogP) is 1.49. The van der Waals surface area contributed by atoms with Gasteiger partial charge in [-0.25, -0.2) is 0 Å². The van der Waals surface area contributed by atoms with Gasteiger partial charge in [0.25, 0.3) is 0 Å². The lowest BCUT2D eigenvalue weighted by Crippen LogP contribution is -2.62. The summed E-state index contributed by atoms with van der Waals surface area (Å²) in [5, 5.41) is 11.5. The molecule has 0 spiro atoms. The molecule has 1 rings (SSSR count). The SMILES string of the molecule is CN(C=O)C1CC(C)(C)N(O)C(C)(C)C1. The molecule has 4 heteroatoms. The normalized spacial score (nSPS) is 26.3. The average Bonchev–Trinajstić information content (AvgIpc) is 2.11. The van der Waals surface area contributed by atoms with Gasteiger partial charge in [0.1, 0.15) is 0 Å². The quantitative estimate of drug-likeness (QED) is 0.708. The maximum Gasteiger partial charge on any atom is 0.209 e. The predicted molar refractivity (Wildman–Crippen MR) is 58.6 cm³/mol. The Morgan fingerprint density at radius 3 is 2.00 bits per heavy atom. The molecule has 1 aliphatic heterocycles. The zero-order valence-electron chi connectivity index (χ0n) is 10.3. The summed E-state index contributed by atoms with van der Waals surface area (Å²) >= 11 is 0. The zero-order chi connectivity index (χ0) is 11.9. The third kappa shape index (κ3) is 2.32. The van der Waals surface area contributed by atoms with Crippen molar-refractivity contribution >= 4 is 6.41 Å². The molecule has 1 amide bonds. The second-order valence-corrected chi connectivity index (χ2v) is 5.77. The van der Waals surface area contributed by atoms with Gasteiger partial charge >= 0.3 is 0 Å². The second-order valence-electron chi connectivity index (χ2n) is 5.77. The first-order valence-electron chi connectivity index (χ1n) is 5.37. The van der Waals surface area contributed by atoms with Crippen LogP contribution in [0.15, 0.2) is 0 Å². The van der Waals surface area contributed by atoms with Crippen LogP contribution in [-0.2, 0) is 4.79 Å².